The first-order valence-electron chi connectivity index (χ1n) is 6.77. The van der Waals surface area contributed by atoms with E-state index in [0.717, 1.165) is 29.0 Å². The Morgan fingerprint density at radius 1 is 1.48 bits per heavy atom. The number of hydrogen-bond donors (Lipinski definition) is 1. The molecule has 0 bridgehead atoms. The summed E-state index contributed by atoms with van der Waals surface area (Å²) in [5.41, 5.74) is 2.44. The van der Waals surface area contributed by atoms with Gasteiger partial charge in [-0.15, -0.1) is 0 Å². The van der Waals surface area contributed by atoms with E-state index in [1.54, 1.807) is 6.07 Å². The fourth-order valence-electron chi connectivity index (χ4n) is 2.53. The molecule has 1 aromatic heterocycles. The van der Waals surface area contributed by atoms with Crippen molar-refractivity contribution in [3.05, 3.63) is 40.2 Å². The van der Waals surface area contributed by atoms with Crippen LogP contribution in [0.4, 0.5) is 15.2 Å². The number of aromatic nitrogens is 1. The van der Waals surface area contributed by atoms with Crippen molar-refractivity contribution in [3.63, 3.8) is 0 Å². The Hall–Kier alpha value is -1.95. The molecule has 21 heavy (non-hydrogen) atoms. The zero-order valence-electron chi connectivity index (χ0n) is 11.8. The maximum absolute atomic E-state index is 13.5. The van der Waals surface area contributed by atoms with Gasteiger partial charge in [0.1, 0.15) is 10.7 Å². The highest BCUT2D eigenvalue weighted by Gasteiger charge is 2.27. The minimum absolute atomic E-state index is 0.0377. The summed E-state index contributed by atoms with van der Waals surface area (Å²) >= 11 is 1.16. The number of carbonyl (C=O) groups is 1. The normalized spacial score (nSPS) is 13.8. The maximum atomic E-state index is 13.5. The Kier molecular flexibility index (Phi) is 3.41. The number of rotatable bonds is 3. The molecule has 1 N–H and O–H groups in total. The van der Waals surface area contributed by atoms with E-state index in [2.05, 4.69) is 4.98 Å². The van der Waals surface area contributed by atoms with E-state index in [-0.39, 0.29) is 16.6 Å². The maximum Gasteiger partial charge on any atom is 0.347 e. The van der Waals surface area contributed by atoms with Crippen LogP contribution in [0.1, 0.15) is 40.7 Å². The summed E-state index contributed by atoms with van der Waals surface area (Å²) in [5.74, 6) is -1.21. The average Bonchev–Trinajstić information content (AvgIpc) is 3.01. The summed E-state index contributed by atoms with van der Waals surface area (Å²) in [7, 11) is 0. The molecule has 110 valence electrons. The largest absolute Gasteiger partial charge is 0.477 e. The molecule has 0 saturated heterocycles. The zero-order chi connectivity index (χ0) is 15.1. The third-order valence-corrected chi connectivity index (χ3v) is 4.64. The highest BCUT2D eigenvalue weighted by molar-refractivity contribution is 7.17. The fourth-order valence-corrected chi connectivity index (χ4v) is 3.63. The summed E-state index contributed by atoms with van der Waals surface area (Å²) in [6.45, 7) is 4.54. The van der Waals surface area contributed by atoms with E-state index in [1.165, 1.54) is 12.1 Å². The van der Waals surface area contributed by atoms with Gasteiger partial charge in [-0.2, -0.15) is 0 Å². The van der Waals surface area contributed by atoms with E-state index in [4.69, 9.17) is 0 Å². The van der Waals surface area contributed by atoms with E-state index in [9.17, 15) is 14.3 Å². The van der Waals surface area contributed by atoms with Gasteiger partial charge in [-0.3, -0.25) is 0 Å². The van der Waals surface area contributed by atoms with Gasteiger partial charge in [0.15, 0.2) is 5.13 Å². The molecule has 0 atom stereocenters. The number of nitrogens with zero attached hydrogens (tertiary/aromatic N) is 2. The van der Waals surface area contributed by atoms with Gasteiger partial charge in [0.25, 0.3) is 0 Å². The molecule has 2 heterocycles. The molecule has 6 heteroatoms. The Balaban J connectivity index is 2.06. The number of carboxylic acid groups (broad SMARTS) is 1. The van der Waals surface area contributed by atoms with Gasteiger partial charge in [0.05, 0.1) is 5.69 Å². The molecular weight excluding hydrogens is 291 g/mol. The van der Waals surface area contributed by atoms with Crippen molar-refractivity contribution in [3.8, 4) is 0 Å². The standard InChI is InChI=1S/C15H15FN2O2S/c1-8(2)12-13(14(19)20)21-15(17-12)18-6-5-9-3-4-10(16)7-11(9)18/h3-4,7-8H,5-6H2,1-2H3,(H,19,20). The fraction of sp³-hybridized carbons (Fsp3) is 0.333. The number of halogens is 1. The molecular formula is C15H15FN2O2S. The first-order chi connectivity index (χ1) is 9.97. The monoisotopic (exact) mass is 306 g/mol. The first-order valence-corrected chi connectivity index (χ1v) is 7.59. The van der Waals surface area contributed by atoms with Crippen molar-refractivity contribution < 1.29 is 14.3 Å². The average molecular weight is 306 g/mol. The number of anilines is 2. The van der Waals surface area contributed by atoms with Crippen molar-refractivity contribution in [1.29, 1.82) is 0 Å². The van der Waals surface area contributed by atoms with Crippen LogP contribution in [-0.4, -0.2) is 22.6 Å². The van der Waals surface area contributed by atoms with Crippen LogP contribution in [0.15, 0.2) is 18.2 Å². The van der Waals surface area contributed by atoms with Crippen LogP contribution in [0.25, 0.3) is 0 Å². The number of thiazole rings is 1. The molecule has 0 unspecified atom stereocenters. The highest BCUT2D eigenvalue weighted by atomic mass is 32.1. The summed E-state index contributed by atoms with van der Waals surface area (Å²) in [5, 5.41) is 9.93. The Morgan fingerprint density at radius 2 is 2.24 bits per heavy atom. The van der Waals surface area contributed by atoms with Crippen LogP contribution >= 0.6 is 11.3 Å². The number of benzene rings is 1. The molecule has 0 saturated carbocycles. The van der Waals surface area contributed by atoms with Gasteiger partial charge in [-0.25, -0.2) is 14.2 Å². The quantitative estimate of drug-likeness (QED) is 0.937. The van der Waals surface area contributed by atoms with E-state index in [0.29, 0.717) is 17.4 Å². The lowest BCUT2D eigenvalue weighted by molar-refractivity contribution is 0.0700. The van der Waals surface area contributed by atoms with Crippen molar-refractivity contribution in [2.24, 2.45) is 0 Å². The molecule has 4 nitrogen and oxygen atoms in total. The van der Waals surface area contributed by atoms with Gasteiger partial charge in [0, 0.05) is 12.2 Å². The zero-order valence-corrected chi connectivity index (χ0v) is 12.6. The molecule has 1 aliphatic rings. The third kappa shape index (κ3) is 2.40. The van der Waals surface area contributed by atoms with Crippen molar-refractivity contribution in [1.82, 2.24) is 4.98 Å². The third-order valence-electron chi connectivity index (χ3n) is 3.56. The number of fused-ring (bicyclic) bond motifs is 1. The van der Waals surface area contributed by atoms with E-state index >= 15 is 0 Å². The van der Waals surface area contributed by atoms with Gasteiger partial charge >= 0.3 is 5.97 Å². The predicted molar refractivity (Wildman–Crippen MR) is 80.3 cm³/mol. The first kappa shape index (κ1) is 14.0. The molecule has 1 aromatic carbocycles. The van der Waals surface area contributed by atoms with Gasteiger partial charge in [0.2, 0.25) is 0 Å². The number of carboxylic acids is 1. The molecule has 1 aliphatic heterocycles. The Bertz CT molecular complexity index is 712. The minimum Gasteiger partial charge on any atom is -0.477 e. The SMILES string of the molecule is CC(C)c1nc(N2CCc3ccc(F)cc32)sc1C(=O)O. The summed E-state index contributed by atoms with van der Waals surface area (Å²) < 4.78 is 13.5. The van der Waals surface area contributed by atoms with E-state index < -0.39 is 5.97 Å². The predicted octanol–water partition coefficient (Wildman–Crippen LogP) is 3.80. The van der Waals surface area contributed by atoms with Crippen molar-refractivity contribution in [2.45, 2.75) is 26.2 Å². The van der Waals surface area contributed by atoms with Crippen molar-refractivity contribution in [2.75, 3.05) is 11.4 Å². The molecule has 0 spiro atoms. The van der Waals surface area contributed by atoms with Crippen LogP contribution < -0.4 is 4.90 Å². The van der Waals surface area contributed by atoms with Crippen LogP contribution in [0.3, 0.4) is 0 Å². The van der Waals surface area contributed by atoms with Crippen LogP contribution in [0, 0.1) is 5.82 Å². The second-order valence-electron chi connectivity index (χ2n) is 5.35. The van der Waals surface area contributed by atoms with Gasteiger partial charge < -0.3 is 10.0 Å². The number of aromatic carboxylic acids is 1. The smallest absolute Gasteiger partial charge is 0.347 e. The summed E-state index contributed by atoms with van der Waals surface area (Å²) in [4.78, 5) is 18.0. The minimum atomic E-state index is -0.957. The lowest BCUT2D eigenvalue weighted by atomic mass is 10.1. The van der Waals surface area contributed by atoms with Crippen LogP contribution in [0.2, 0.25) is 0 Å². The summed E-state index contributed by atoms with van der Waals surface area (Å²) in [6.07, 6.45) is 0.814. The van der Waals surface area contributed by atoms with Gasteiger partial charge in [-0.05, 0) is 30.0 Å². The molecule has 0 radical (unpaired) electrons. The topological polar surface area (TPSA) is 53.4 Å². The molecule has 2 aromatic rings. The molecule has 0 aliphatic carbocycles. The molecule has 0 amide bonds. The van der Waals surface area contributed by atoms with Crippen LogP contribution in [-0.2, 0) is 6.42 Å². The van der Waals surface area contributed by atoms with Crippen LogP contribution in [0.5, 0.6) is 0 Å². The second kappa shape index (κ2) is 5.11. The second-order valence-corrected chi connectivity index (χ2v) is 6.32. The van der Waals surface area contributed by atoms with Gasteiger partial charge in [-0.1, -0.05) is 31.3 Å². The molecule has 0 fully saturated rings. The number of hydrogen-bond acceptors (Lipinski definition) is 4. The molecule has 3 rings (SSSR count). The summed E-state index contributed by atoms with van der Waals surface area (Å²) in [6, 6.07) is 4.71. The lowest BCUT2D eigenvalue weighted by Gasteiger charge is -2.15. The van der Waals surface area contributed by atoms with E-state index in [1.807, 2.05) is 18.7 Å². The Labute approximate surface area is 125 Å². The van der Waals surface area contributed by atoms with Crippen molar-refractivity contribution >= 4 is 28.1 Å². The Morgan fingerprint density at radius 3 is 2.86 bits per heavy atom. The lowest BCUT2D eigenvalue weighted by Crippen LogP contribution is -2.13. The highest BCUT2D eigenvalue weighted by Crippen LogP contribution is 2.39.